The summed E-state index contributed by atoms with van der Waals surface area (Å²) in [6, 6.07) is 0. The van der Waals surface area contributed by atoms with Gasteiger partial charge >= 0.3 is 0 Å². The molecule has 0 aromatic carbocycles. The first-order valence-electron chi connectivity index (χ1n) is 7.29. The van der Waals surface area contributed by atoms with Crippen LogP contribution in [0.5, 0.6) is 0 Å². The highest BCUT2D eigenvalue weighted by Gasteiger charge is 2.38. The van der Waals surface area contributed by atoms with Gasteiger partial charge in [0.15, 0.2) is 0 Å². The van der Waals surface area contributed by atoms with Crippen LogP contribution in [0.25, 0.3) is 0 Å². The molecular weight excluding hydrogens is 226 g/mol. The molecule has 0 aliphatic heterocycles. The van der Waals surface area contributed by atoms with Crippen molar-refractivity contribution in [2.24, 2.45) is 11.7 Å². The Morgan fingerprint density at radius 1 is 1.50 bits per heavy atom. The molecule has 1 aliphatic carbocycles. The molecule has 0 aromatic heterocycles. The molecular formula is C14H29N3O. The average molecular weight is 255 g/mol. The Labute approximate surface area is 111 Å². The fourth-order valence-electron chi connectivity index (χ4n) is 3.28. The van der Waals surface area contributed by atoms with Crippen LogP contribution in [0.1, 0.15) is 46.5 Å². The maximum absolute atomic E-state index is 11.8. The van der Waals surface area contributed by atoms with Crippen LogP contribution in [0.4, 0.5) is 0 Å². The molecule has 4 nitrogen and oxygen atoms in total. The van der Waals surface area contributed by atoms with Gasteiger partial charge in [0, 0.05) is 18.6 Å². The molecule has 1 fully saturated rings. The van der Waals surface area contributed by atoms with Gasteiger partial charge in [-0.25, -0.2) is 0 Å². The molecule has 0 aromatic rings. The van der Waals surface area contributed by atoms with Crippen molar-refractivity contribution < 1.29 is 4.79 Å². The lowest BCUT2D eigenvalue weighted by Crippen LogP contribution is -2.58. The number of amides is 1. The van der Waals surface area contributed by atoms with E-state index in [0.29, 0.717) is 25.6 Å². The second kappa shape index (κ2) is 7.10. The van der Waals surface area contributed by atoms with Crippen LogP contribution in [0.3, 0.4) is 0 Å². The third-order valence-corrected chi connectivity index (χ3v) is 4.21. The zero-order valence-electron chi connectivity index (χ0n) is 12.2. The fourth-order valence-corrected chi connectivity index (χ4v) is 3.28. The molecule has 2 atom stereocenters. The van der Waals surface area contributed by atoms with Crippen LogP contribution < -0.4 is 11.1 Å². The van der Waals surface area contributed by atoms with Crippen LogP contribution in [0.15, 0.2) is 0 Å². The smallest absolute Gasteiger partial charge is 0.234 e. The van der Waals surface area contributed by atoms with Gasteiger partial charge in [-0.2, -0.15) is 0 Å². The van der Waals surface area contributed by atoms with Crippen molar-refractivity contribution in [3.63, 3.8) is 0 Å². The van der Waals surface area contributed by atoms with Crippen LogP contribution in [0, 0.1) is 5.92 Å². The van der Waals surface area contributed by atoms with Gasteiger partial charge in [0.1, 0.15) is 0 Å². The highest BCUT2D eigenvalue weighted by molar-refractivity contribution is 5.78. The number of carbonyl (C=O) groups excluding carboxylic acids is 1. The van der Waals surface area contributed by atoms with Gasteiger partial charge < -0.3 is 11.1 Å². The number of nitrogens with one attached hydrogen (secondary N) is 1. The maximum Gasteiger partial charge on any atom is 0.234 e. The van der Waals surface area contributed by atoms with Crippen LogP contribution in [-0.2, 0) is 4.79 Å². The van der Waals surface area contributed by atoms with E-state index in [4.69, 9.17) is 5.73 Å². The Bertz CT molecular complexity index is 270. The van der Waals surface area contributed by atoms with Gasteiger partial charge in [-0.15, -0.1) is 0 Å². The van der Waals surface area contributed by atoms with Crippen molar-refractivity contribution in [3.05, 3.63) is 0 Å². The largest absolute Gasteiger partial charge is 0.355 e. The molecule has 18 heavy (non-hydrogen) atoms. The van der Waals surface area contributed by atoms with Crippen molar-refractivity contribution in [2.75, 3.05) is 26.2 Å². The number of hydrogen-bond donors (Lipinski definition) is 2. The van der Waals surface area contributed by atoms with Gasteiger partial charge in [-0.05, 0) is 32.2 Å². The van der Waals surface area contributed by atoms with E-state index < -0.39 is 0 Å². The molecule has 1 amide bonds. The number of carbonyl (C=O) groups is 1. The van der Waals surface area contributed by atoms with Crippen molar-refractivity contribution in [1.82, 2.24) is 10.2 Å². The number of rotatable bonds is 6. The monoisotopic (exact) mass is 255 g/mol. The van der Waals surface area contributed by atoms with E-state index in [1.165, 1.54) is 12.8 Å². The van der Waals surface area contributed by atoms with E-state index >= 15 is 0 Å². The summed E-state index contributed by atoms with van der Waals surface area (Å²) in [5, 5.41) is 2.88. The van der Waals surface area contributed by atoms with Crippen molar-refractivity contribution in [2.45, 2.75) is 52.0 Å². The molecule has 0 heterocycles. The first-order chi connectivity index (χ1) is 8.57. The minimum Gasteiger partial charge on any atom is -0.355 e. The molecule has 3 N–H and O–H groups in total. The number of nitrogens with two attached hydrogens (primary N) is 1. The molecule has 4 heteroatoms. The van der Waals surface area contributed by atoms with Crippen molar-refractivity contribution in [1.29, 1.82) is 0 Å². The SMILES string of the molecule is CCNC(=O)CN(CC)C1(CN)CCCC(C)C1. The lowest BCUT2D eigenvalue weighted by Gasteiger charge is -2.47. The zero-order valence-corrected chi connectivity index (χ0v) is 12.2. The molecule has 1 aliphatic rings. The van der Waals surface area contributed by atoms with Crippen molar-refractivity contribution in [3.8, 4) is 0 Å². The molecule has 0 spiro atoms. The number of nitrogens with zero attached hydrogens (tertiary/aromatic N) is 1. The van der Waals surface area contributed by atoms with Crippen molar-refractivity contribution >= 4 is 5.91 Å². The lowest BCUT2D eigenvalue weighted by molar-refractivity contribution is -0.124. The Kier molecular flexibility index (Phi) is 6.09. The Hall–Kier alpha value is -0.610. The van der Waals surface area contributed by atoms with E-state index in [1.54, 1.807) is 0 Å². The summed E-state index contributed by atoms with van der Waals surface area (Å²) < 4.78 is 0. The highest BCUT2D eigenvalue weighted by atomic mass is 16.2. The summed E-state index contributed by atoms with van der Waals surface area (Å²) in [5.41, 5.74) is 6.09. The zero-order chi connectivity index (χ0) is 13.6. The van der Waals surface area contributed by atoms with Gasteiger partial charge in [-0.1, -0.05) is 26.7 Å². The lowest BCUT2D eigenvalue weighted by atomic mass is 9.75. The van der Waals surface area contributed by atoms with E-state index in [2.05, 4.69) is 24.1 Å². The van der Waals surface area contributed by atoms with E-state index in [-0.39, 0.29) is 11.4 Å². The molecule has 1 saturated carbocycles. The summed E-state index contributed by atoms with van der Waals surface area (Å²) in [4.78, 5) is 14.1. The molecule has 1 rings (SSSR count). The Balaban J connectivity index is 2.72. The van der Waals surface area contributed by atoms with Crippen LogP contribution in [-0.4, -0.2) is 42.5 Å². The molecule has 0 saturated heterocycles. The third-order valence-electron chi connectivity index (χ3n) is 4.21. The minimum absolute atomic E-state index is 0.0392. The topological polar surface area (TPSA) is 58.4 Å². The summed E-state index contributed by atoms with van der Waals surface area (Å²) in [6.07, 6.45) is 4.77. The summed E-state index contributed by atoms with van der Waals surface area (Å²) in [7, 11) is 0. The van der Waals surface area contributed by atoms with Crippen LogP contribution >= 0.6 is 0 Å². The fraction of sp³-hybridized carbons (Fsp3) is 0.929. The summed E-state index contributed by atoms with van der Waals surface area (Å²) in [6.45, 7) is 9.09. The molecule has 0 radical (unpaired) electrons. The van der Waals surface area contributed by atoms with E-state index in [9.17, 15) is 4.79 Å². The average Bonchev–Trinajstić information content (AvgIpc) is 2.36. The van der Waals surface area contributed by atoms with Gasteiger partial charge in [0.05, 0.1) is 6.54 Å². The standard InChI is InChI=1S/C14H29N3O/c1-4-16-13(18)10-17(5-2)14(11-15)8-6-7-12(3)9-14/h12H,4-11,15H2,1-3H3,(H,16,18). The predicted molar refractivity (Wildman–Crippen MR) is 75.3 cm³/mol. The van der Waals surface area contributed by atoms with Gasteiger partial charge in [0.25, 0.3) is 0 Å². The minimum atomic E-state index is 0.0392. The van der Waals surface area contributed by atoms with Gasteiger partial charge in [0.2, 0.25) is 5.91 Å². The second-order valence-electron chi connectivity index (χ2n) is 5.60. The third kappa shape index (κ3) is 3.69. The predicted octanol–water partition coefficient (Wildman–Crippen LogP) is 1.35. The number of hydrogen-bond acceptors (Lipinski definition) is 3. The summed E-state index contributed by atoms with van der Waals surface area (Å²) in [5.74, 6) is 0.830. The molecule has 106 valence electrons. The van der Waals surface area contributed by atoms with E-state index in [1.807, 2.05) is 6.92 Å². The van der Waals surface area contributed by atoms with Gasteiger partial charge in [-0.3, -0.25) is 9.69 Å². The first kappa shape index (κ1) is 15.4. The number of likely N-dealkylation sites (N-methyl/N-ethyl adjacent to an activating group) is 2. The highest BCUT2D eigenvalue weighted by Crippen LogP contribution is 2.36. The Morgan fingerprint density at radius 2 is 2.22 bits per heavy atom. The van der Waals surface area contributed by atoms with Crippen LogP contribution in [0.2, 0.25) is 0 Å². The Morgan fingerprint density at radius 3 is 2.72 bits per heavy atom. The first-order valence-corrected chi connectivity index (χ1v) is 7.29. The maximum atomic E-state index is 11.8. The molecule has 2 unspecified atom stereocenters. The normalized spacial score (nSPS) is 28.4. The second-order valence-corrected chi connectivity index (χ2v) is 5.60. The van der Waals surface area contributed by atoms with E-state index in [0.717, 1.165) is 19.4 Å². The molecule has 0 bridgehead atoms. The summed E-state index contributed by atoms with van der Waals surface area (Å²) >= 11 is 0. The quantitative estimate of drug-likeness (QED) is 0.753.